The number of carbonyl (C=O) groups excluding carboxylic acids is 1. The predicted octanol–water partition coefficient (Wildman–Crippen LogP) is 5.24. The van der Waals surface area contributed by atoms with Crippen LogP contribution in [0, 0.1) is 19.7 Å². The molecule has 1 amide bonds. The highest BCUT2D eigenvalue weighted by molar-refractivity contribution is 7.80. The maximum atomic E-state index is 14.0. The van der Waals surface area contributed by atoms with Crippen molar-refractivity contribution in [1.82, 2.24) is 19.8 Å². The van der Waals surface area contributed by atoms with Gasteiger partial charge in [-0.05, 0) is 80.2 Å². The molecule has 0 bridgehead atoms. The van der Waals surface area contributed by atoms with E-state index in [1.807, 2.05) is 77.9 Å². The van der Waals surface area contributed by atoms with Crippen LogP contribution in [0.4, 0.5) is 10.1 Å². The fraction of sp³-hybridized carbons (Fsp3) is 0.179. The van der Waals surface area contributed by atoms with Crippen LogP contribution >= 0.6 is 12.2 Å². The van der Waals surface area contributed by atoms with Crippen LogP contribution in [0.25, 0.3) is 5.69 Å². The third kappa shape index (κ3) is 4.59. The number of para-hydroxylation sites is 1. The monoisotopic (exact) mass is 499 g/mol. The number of anilines is 1. The molecule has 6 nitrogen and oxygen atoms in total. The van der Waals surface area contributed by atoms with E-state index >= 15 is 0 Å². The molecule has 2 N–H and O–H groups in total. The average molecular weight is 500 g/mol. The van der Waals surface area contributed by atoms with E-state index in [1.165, 1.54) is 12.1 Å². The smallest absolute Gasteiger partial charge is 0.244 e. The summed E-state index contributed by atoms with van der Waals surface area (Å²) in [6, 6.07) is 23.2. The molecule has 0 saturated carbocycles. The van der Waals surface area contributed by atoms with E-state index in [1.54, 1.807) is 12.3 Å². The molecule has 8 heteroatoms. The van der Waals surface area contributed by atoms with Gasteiger partial charge in [0.1, 0.15) is 12.4 Å². The van der Waals surface area contributed by atoms with Gasteiger partial charge in [-0.1, -0.05) is 30.3 Å². The third-order valence-corrected chi connectivity index (χ3v) is 6.78. The highest BCUT2D eigenvalue weighted by Crippen LogP contribution is 2.41. The summed E-state index contributed by atoms with van der Waals surface area (Å²) in [6.07, 6.45) is 1.75. The van der Waals surface area contributed by atoms with E-state index in [2.05, 4.69) is 21.7 Å². The van der Waals surface area contributed by atoms with Gasteiger partial charge in [-0.15, -0.1) is 0 Å². The molecule has 1 aliphatic heterocycles. The number of benzene rings is 2. The van der Waals surface area contributed by atoms with Crippen LogP contribution in [-0.2, 0) is 4.79 Å². The van der Waals surface area contributed by atoms with Gasteiger partial charge in [-0.3, -0.25) is 9.78 Å². The lowest BCUT2D eigenvalue weighted by molar-refractivity contribution is -0.116. The van der Waals surface area contributed by atoms with Gasteiger partial charge >= 0.3 is 0 Å². The Morgan fingerprint density at radius 1 is 1.06 bits per heavy atom. The number of rotatable bonds is 6. The van der Waals surface area contributed by atoms with Crippen LogP contribution < -0.4 is 10.6 Å². The second kappa shape index (κ2) is 9.91. The third-order valence-electron chi connectivity index (χ3n) is 6.42. The number of halogens is 1. The van der Waals surface area contributed by atoms with Gasteiger partial charge in [0.15, 0.2) is 5.11 Å². The standard InChI is InChI=1S/C28H26FN5OS/c1-18-15-23(19(2)34(18)22-12-8-9-20(29)16-22)27-26(24-13-6-7-14-30-24)32-28(36)33(27)17-25(35)31-21-10-4-3-5-11-21/h3-16,26-27H,17H2,1-2H3,(H,31,35)(H,32,36)/t26-,27-/m0/s1. The molecule has 0 radical (unpaired) electrons. The summed E-state index contributed by atoms with van der Waals surface area (Å²) in [7, 11) is 0. The zero-order valence-corrected chi connectivity index (χ0v) is 20.8. The van der Waals surface area contributed by atoms with Gasteiger partial charge in [-0.2, -0.15) is 0 Å². The first-order valence-electron chi connectivity index (χ1n) is 11.7. The molecule has 1 fully saturated rings. The topological polar surface area (TPSA) is 62.2 Å². The fourth-order valence-corrected chi connectivity index (χ4v) is 5.20. The van der Waals surface area contributed by atoms with Gasteiger partial charge in [0.25, 0.3) is 0 Å². The first kappa shape index (κ1) is 23.7. The number of hydrogen-bond donors (Lipinski definition) is 2. The van der Waals surface area contributed by atoms with Crippen molar-refractivity contribution in [3.63, 3.8) is 0 Å². The average Bonchev–Trinajstić information content (AvgIpc) is 3.35. The van der Waals surface area contributed by atoms with Crippen LogP contribution in [-0.4, -0.2) is 32.0 Å². The van der Waals surface area contributed by atoms with Crippen molar-refractivity contribution < 1.29 is 9.18 Å². The SMILES string of the molecule is Cc1cc([C@H]2[C@H](c3ccccn3)NC(=S)N2CC(=O)Nc2ccccc2)c(C)n1-c1cccc(F)c1. The number of pyridine rings is 1. The summed E-state index contributed by atoms with van der Waals surface area (Å²) in [4.78, 5) is 19.5. The number of aryl methyl sites for hydroxylation is 1. The Labute approximate surface area is 214 Å². The van der Waals surface area contributed by atoms with Crippen LogP contribution in [0.2, 0.25) is 0 Å². The largest absolute Gasteiger partial charge is 0.352 e. The number of hydrogen-bond acceptors (Lipinski definition) is 3. The van der Waals surface area contributed by atoms with Gasteiger partial charge in [-0.25, -0.2) is 4.39 Å². The Balaban J connectivity index is 1.54. The van der Waals surface area contributed by atoms with Crippen LogP contribution in [0.5, 0.6) is 0 Å². The quantitative estimate of drug-likeness (QED) is 0.355. The molecule has 0 aliphatic carbocycles. The number of amides is 1. The maximum Gasteiger partial charge on any atom is 0.244 e. The normalized spacial score (nSPS) is 17.2. The molecule has 2 aromatic carbocycles. The van der Waals surface area contributed by atoms with E-state index in [-0.39, 0.29) is 30.4 Å². The first-order valence-corrected chi connectivity index (χ1v) is 12.1. The number of nitrogens with zero attached hydrogens (tertiary/aromatic N) is 3. The second-order valence-electron chi connectivity index (χ2n) is 8.81. The van der Waals surface area contributed by atoms with Crippen LogP contribution in [0.15, 0.2) is 85.1 Å². The predicted molar refractivity (Wildman–Crippen MR) is 142 cm³/mol. The van der Waals surface area contributed by atoms with Crippen molar-refractivity contribution in [2.75, 3.05) is 11.9 Å². The Hall–Kier alpha value is -4.04. The molecule has 3 heterocycles. The second-order valence-corrected chi connectivity index (χ2v) is 9.20. The van der Waals surface area contributed by atoms with Crippen molar-refractivity contribution in [1.29, 1.82) is 0 Å². The van der Waals surface area contributed by atoms with Gasteiger partial charge < -0.3 is 20.1 Å². The van der Waals surface area contributed by atoms with E-state index in [0.29, 0.717) is 5.11 Å². The molecule has 1 aliphatic rings. The zero-order chi connectivity index (χ0) is 25.2. The number of carbonyl (C=O) groups is 1. The molecule has 5 rings (SSSR count). The highest BCUT2D eigenvalue weighted by atomic mass is 32.1. The molecule has 2 atom stereocenters. The molecule has 1 saturated heterocycles. The zero-order valence-electron chi connectivity index (χ0n) is 20.0. The Kier molecular flexibility index (Phi) is 6.52. The number of aromatic nitrogens is 2. The molecule has 36 heavy (non-hydrogen) atoms. The van der Waals surface area contributed by atoms with Crippen molar-refractivity contribution >= 4 is 28.9 Å². The highest BCUT2D eigenvalue weighted by Gasteiger charge is 2.42. The lowest BCUT2D eigenvalue weighted by Gasteiger charge is -2.27. The van der Waals surface area contributed by atoms with Gasteiger partial charge in [0.2, 0.25) is 5.91 Å². The van der Waals surface area contributed by atoms with E-state index in [9.17, 15) is 9.18 Å². The van der Waals surface area contributed by atoms with Crippen LogP contribution in [0.1, 0.15) is 34.7 Å². The molecular formula is C28H26FN5OS. The lowest BCUT2D eigenvalue weighted by Crippen LogP contribution is -2.37. The Bertz CT molecular complexity index is 1410. The van der Waals surface area contributed by atoms with Crippen molar-refractivity contribution in [3.05, 3.63) is 114 Å². The Morgan fingerprint density at radius 2 is 1.83 bits per heavy atom. The van der Waals surface area contributed by atoms with Crippen LogP contribution in [0.3, 0.4) is 0 Å². The molecule has 182 valence electrons. The Morgan fingerprint density at radius 3 is 2.56 bits per heavy atom. The first-order chi connectivity index (χ1) is 17.4. The number of nitrogens with one attached hydrogen (secondary N) is 2. The maximum absolute atomic E-state index is 14.0. The fourth-order valence-electron chi connectivity index (χ4n) is 4.89. The van der Waals surface area contributed by atoms with Gasteiger partial charge in [0.05, 0.1) is 17.8 Å². The van der Waals surface area contributed by atoms with E-state index < -0.39 is 0 Å². The van der Waals surface area contributed by atoms with Crippen molar-refractivity contribution in [2.45, 2.75) is 25.9 Å². The minimum Gasteiger partial charge on any atom is -0.352 e. The minimum absolute atomic E-state index is 0.0678. The van der Waals surface area contributed by atoms with E-state index in [0.717, 1.165) is 34.0 Å². The van der Waals surface area contributed by atoms with Crippen molar-refractivity contribution in [2.24, 2.45) is 0 Å². The summed E-state index contributed by atoms with van der Waals surface area (Å²) in [5.74, 6) is -0.466. The molecule has 2 aromatic heterocycles. The molecular weight excluding hydrogens is 473 g/mol. The summed E-state index contributed by atoms with van der Waals surface area (Å²) in [5, 5.41) is 6.82. The summed E-state index contributed by atoms with van der Waals surface area (Å²) < 4.78 is 16.1. The van der Waals surface area contributed by atoms with Crippen molar-refractivity contribution in [3.8, 4) is 5.69 Å². The molecule has 0 spiro atoms. The molecule has 0 unspecified atom stereocenters. The number of thiocarbonyl (C=S) groups is 1. The summed E-state index contributed by atoms with van der Waals surface area (Å²) >= 11 is 5.72. The minimum atomic E-state index is -0.296. The summed E-state index contributed by atoms with van der Waals surface area (Å²) in [5.41, 5.74) is 5.19. The lowest BCUT2D eigenvalue weighted by atomic mass is 9.96. The van der Waals surface area contributed by atoms with Gasteiger partial charge in [0, 0.05) is 29.0 Å². The summed E-state index contributed by atoms with van der Waals surface area (Å²) in [6.45, 7) is 4.06. The molecule has 4 aromatic rings. The van der Waals surface area contributed by atoms with E-state index in [4.69, 9.17) is 12.2 Å².